The largest absolute Gasteiger partial charge is 0.350 e. The minimum absolute atomic E-state index is 0.325. The van der Waals surface area contributed by atoms with Gasteiger partial charge >= 0.3 is 15.3 Å². The van der Waals surface area contributed by atoms with E-state index in [1.807, 2.05) is 0 Å². The molecule has 0 radical (unpaired) electrons. The minimum Gasteiger partial charge on any atom is -0.327 e. The lowest BCUT2D eigenvalue weighted by atomic mass is 11.8. The van der Waals surface area contributed by atoms with Crippen LogP contribution in [0.15, 0.2) is 8.67 Å². The second kappa shape index (κ2) is 6.11. The van der Waals surface area contributed by atoms with Gasteiger partial charge in [0.2, 0.25) is 10.0 Å². The average molecular weight is 403 g/mol. The van der Waals surface area contributed by atoms with Gasteiger partial charge in [0.1, 0.15) is 8.24 Å². The van der Waals surface area contributed by atoms with Crippen molar-refractivity contribution in [1.29, 1.82) is 0 Å². The van der Waals surface area contributed by atoms with Crippen molar-refractivity contribution in [3.63, 3.8) is 0 Å². The fraction of sp³-hybridized carbons (Fsp3) is 1.00. The summed E-state index contributed by atoms with van der Waals surface area (Å²) < 4.78 is 51.0. The molecule has 0 aliphatic rings. The molecule has 0 spiro atoms. The molecular weight excluding hydrogens is 384 g/mol. The first-order chi connectivity index (χ1) is 8.78. The monoisotopic (exact) mass is 403 g/mol. The summed E-state index contributed by atoms with van der Waals surface area (Å²) in [4.78, 5) is 38.7. The average Bonchev–Trinajstić information content (AvgIpc) is 1.83. The molecule has 0 bridgehead atoms. The lowest BCUT2D eigenvalue weighted by molar-refractivity contribution is 0.426. The lowest BCUT2D eigenvalue weighted by Gasteiger charge is -2.34. The quantitative estimate of drug-likeness (QED) is 0.363. The molecule has 16 heteroatoms. The van der Waals surface area contributed by atoms with Gasteiger partial charge in [-0.25, -0.2) is 16.8 Å². The van der Waals surface area contributed by atoms with Gasteiger partial charge in [-0.3, -0.25) is 0 Å². The van der Waals surface area contributed by atoms with E-state index in [0.29, 0.717) is 16.3 Å². The number of nitrogens with zero attached hydrogens (tertiary/aromatic N) is 3. The van der Waals surface area contributed by atoms with E-state index in [4.69, 9.17) is 0 Å². The van der Waals surface area contributed by atoms with Crippen LogP contribution in [0.2, 0.25) is 19.6 Å². The summed E-state index contributed by atoms with van der Waals surface area (Å²) in [6.45, 7) is 4.36. The maximum absolute atomic E-state index is 11.7. The van der Waals surface area contributed by atoms with E-state index < -0.39 is 43.6 Å². The third-order valence-electron chi connectivity index (χ3n) is 1.63. The third kappa shape index (κ3) is 7.46. The van der Waals surface area contributed by atoms with Gasteiger partial charge in [0.25, 0.3) is 10.0 Å². The Hall–Kier alpha value is 0.377. The molecule has 21 heavy (non-hydrogen) atoms. The molecule has 0 aromatic heterocycles. The van der Waals surface area contributed by atoms with E-state index in [1.165, 1.54) is 19.6 Å². The van der Waals surface area contributed by atoms with Gasteiger partial charge in [0.15, 0.2) is 0 Å². The first-order valence-corrected chi connectivity index (χ1v) is 15.5. The zero-order valence-corrected chi connectivity index (χ0v) is 16.4. The summed E-state index contributed by atoms with van der Waals surface area (Å²) in [5.74, 6) is 0. The number of hydrogen-bond acceptors (Lipinski definition) is 4. The summed E-state index contributed by atoms with van der Waals surface area (Å²) in [7, 11) is -21.1. The molecule has 0 rings (SSSR count). The Morgan fingerprint density at radius 2 is 1.33 bits per heavy atom. The molecule has 0 fully saturated rings. The van der Waals surface area contributed by atoms with E-state index in [2.05, 4.69) is 8.67 Å². The van der Waals surface area contributed by atoms with E-state index >= 15 is 0 Å². The van der Waals surface area contributed by atoms with Crippen molar-refractivity contribution in [3.05, 3.63) is 0 Å². The van der Waals surface area contributed by atoms with Gasteiger partial charge in [0.05, 0.1) is 12.5 Å². The highest BCUT2D eigenvalue weighted by atomic mass is 32.2. The number of rotatable bonds is 5. The highest BCUT2D eigenvalue weighted by molar-refractivity contribution is 7.96. The lowest BCUT2D eigenvalue weighted by Crippen LogP contribution is -2.46. The Balaban J connectivity index is 6.43. The van der Waals surface area contributed by atoms with Crippen LogP contribution in [0.4, 0.5) is 0 Å². The summed E-state index contributed by atoms with van der Waals surface area (Å²) in [6.07, 6.45) is 1.25. The first kappa shape index (κ1) is 21.4. The Kier molecular flexibility index (Phi) is 6.22. The van der Waals surface area contributed by atoms with Crippen molar-refractivity contribution in [2.45, 2.75) is 19.6 Å². The molecule has 0 aliphatic carbocycles. The molecule has 11 nitrogen and oxygen atoms in total. The van der Waals surface area contributed by atoms with E-state index in [0.717, 1.165) is 0 Å². The van der Waals surface area contributed by atoms with Crippen molar-refractivity contribution in [2.24, 2.45) is 8.67 Å². The van der Waals surface area contributed by atoms with E-state index in [1.54, 1.807) is 0 Å². The van der Waals surface area contributed by atoms with Crippen LogP contribution in [0.5, 0.6) is 0 Å². The fourth-order valence-electron chi connectivity index (χ4n) is 1.51. The predicted molar refractivity (Wildman–Crippen MR) is 82.4 cm³/mol. The van der Waals surface area contributed by atoms with Crippen molar-refractivity contribution >= 4 is 43.6 Å². The van der Waals surface area contributed by atoms with Crippen molar-refractivity contribution < 1.29 is 36.4 Å². The standard InChI is InChI=1S/C5H19N3O8P2S2Si/c1-19(13,14)7-17(9,10)6-18(11,12)8(20(2,15)16)21(3,4)5/h9-12H,1-5H3. The molecule has 0 atom stereocenters. The van der Waals surface area contributed by atoms with E-state index in [9.17, 15) is 36.4 Å². The van der Waals surface area contributed by atoms with Crippen molar-refractivity contribution in [3.8, 4) is 0 Å². The van der Waals surface area contributed by atoms with Crippen LogP contribution in [0.1, 0.15) is 0 Å². The summed E-state index contributed by atoms with van der Waals surface area (Å²) in [5.41, 5.74) is 0. The van der Waals surface area contributed by atoms with Crippen LogP contribution in [-0.4, -0.2) is 60.9 Å². The highest BCUT2D eigenvalue weighted by Crippen LogP contribution is 2.59. The van der Waals surface area contributed by atoms with Gasteiger partial charge in [-0.2, -0.15) is 0 Å². The molecule has 128 valence electrons. The minimum atomic E-state index is -4.95. The summed E-state index contributed by atoms with van der Waals surface area (Å²) >= 11 is 0. The maximum Gasteiger partial charge on any atom is 0.350 e. The number of hydrogen-bond donors (Lipinski definition) is 4. The molecule has 0 heterocycles. The summed E-state index contributed by atoms with van der Waals surface area (Å²) in [5, 5.41) is 0. The van der Waals surface area contributed by atoms with Crippen LogP contribution in [0, 0.1) is 0 Å². The second-order valence-electron chi connectivity index (χ2n) is 5.15. The van der Waals surface area contributed by atoms with E-state index in [-0.39, 0.29) is 0 Å². The fourth-order valence-corrected chi connectivity index (χ4v) is 14.6. The Morgan fingerprint density at radius 1 is 0.952 bits per heavy atom. The SMILES string of the molecule is C[Si](C)(C)N(P(O)(O)=NP(O)(O)=NS(C)(=O)=O)S(C)(=O)=O. The van der Waals surface area contributed by atoms with Gasteiger partial charge in [-0.1, -0.05) is 19.6 Å². The predicted octanol–water partition coefficient (Wildman–Crippen LogP) is -0.0959. The van der Waals surface area contributed by atoms with Crippen molar-refractivity contribution in [1.82, 2.24) is 3.74 Å². The maximum atomic E-state index is 11.7. The highest BCUT2D eigenvalue weighted by Gasteiger charge is 2.43. The summed E-state index contributed by atoms with van der Waals surface area (Å²) in [6, 6.07) is 0. The van der Waals surface area contributed by atoms with Crippen LogP contribution in [-0.2, 0) is 20.0 Å². The first-order valence-electron chi connectivity index (χ1n) is 5.17. The molecule has 0 amide bonds. The van der Waals surface area contributed by atoms with Gasteiger partial charge in [-0.15, -0.1) is 12.4 Å². The topological polar surface area (TPSA) is 177 Å². The number of sulfonamides is 2. The molecule has 0 saturated carbocycles. The Morgan fingerprint density at radius 3 is 1.57 bits per heavy atom. The molecular formula is C5H19N3O8P2S2Si. The molecule has 0 aromatic rings. The van der Waals surface area contributed by atoms with Gasteiger partial charge in [-0.05, 0) is 0 Å². The third-order valence-corrected chi connectivity index (χ3v) is 14.7. The smallest absolute Gasteiger partial charge is 0.327 e. The molecule has 4 N–H and O–H groups in total. The molecule has 0 unspecified atom stereocenters. The van der Waals surface area contributed by atoms with Crippen LogP contribution >= 0.6 is 15.3 Å². The van der Waals surface area contributed by atoms with Crippen LogP contribution in [0.25, 0.3) is 0 Å². The molecule has 0 aliphatic heterocycles. The molecule has 0 saturated heterocycles. The Bertz CT molecular complexity index is 712. The zero-order valence-electron chi connectivity index (χ0n) is 12.0. The van der Waals surface area contributed by atoms with Crippen LogP contribution < -0.4 is 0 Å². The second-order valence-corrected chi connectivity index (χ2v) is 18.1. The van der Waals surface area contributed by atoms with Crippen molar-refractivity contribution in [2.75, 3.05) is 12.5 Å². The molecule has 0 aromatic carbocycles. The Labute approximate surface area is 125 Å². The van der Waals surface area contributed by atoms with Crippen LogP contribution in [0.3, 0.4) is 0 Å². The zero-order chi connectivity index (χ0) is 17.5. The van der Waals surface area contributed by atoms with Gasteiger partial charge < -0.3 is 19.6 Å². The van der Waals surface area contributed by atoms with Gasteiger partial charge in [0, 0.05) is 0 Å². The normalized spacial score (nSPS) is 15.1.